The van der Waals surface area contributed by atoms with Gasteiger partial charge in [-0.3, -0.25) is 10.2 Å². The Morgan fingerprint density at radius 1 is 1.14 bits per heavy atom. The van der Waals surface area contributed by atoms with Gasteiger partial charge < -0.3 is 15.2 Å². The van der Waals surface area contributed by atoms with Gasteiger partial charge in [0.25, 0.3) is 5.91 Å². The number of hydrogen-bond donors (Lipinski definition) is 3. The highest BCUT2D eigenvalue weighted by atomic mass is 16.5. The number of ether oxygens (including phenoxy) is 1. The molecule has 22 heavy (non-hydrogen) atoms. The number of benzene rings is 2. The molecule has 114 valence electrons. The van der Waals surface area contributed by atoms with Crippen molar-refractivity contribution in [3.8, 4) is 5.75 Å². The van der Waals surface area contributed by atoms with Gasteiger partial charge in [-0.1, -0.05) is 29.8 Å². The first-order valence-electron chi connectivity index (χ1n) is 6.79. The minimum Gasteiger partial charge on any atom is -0.497 e. The highest BCUT2D eigenvalue weighted by Crippen LogP contribution is 2.15. The van der Waals surface area contributed by atoms with Crippen molar-refractivity contribution in [2.24, 2.45) is 0 Å². The summed E-state index contributed by atoms with van der Waals surface area (Å²) < 4.78 is 5.04. The van der Waals surface area contributed by atoms with E-state index in [1.165, 1.54) is 0 Å². The SMILES string of the molecule is COc1ccc(C(=N)NC(=O)C(O)c2ccc(C)cc2)cc1. The fourth-order valence-electron chi connectivity index (χ4n) is 1.92. The summed E-state index contributed by atoms with van der Waals surface area (Å²) in [5.41, 5.74) is 2.07. The minimum atomic E-state index is -1.31. The van der Waals surface area contributed by atoms with Gasteiger partial charge >= 0.3 is 0 Å². The van der Waals surface area contributed by atoms with Gasteiger partial charge in [0, 0.05) is 5.56 Å². The molecule has 0 saturated heterocycles. The average molecular weight is 298 g/mol. The number of aryl methyl sites for hydroxylation is 1. The summed E-state index contributed by atoms with van der Waals surface area (Å²) >= 11 is 0. The Kier molecular flexibility index (Phi) is 4.91. The number of carbonyl (C=O) groups is 1. The van der Waals surface area contributed by atoms with Crippen LogP contribution in [-0.2, 0) is 4.79 Å². The summed E-state index contributed by atoms with van der Waals surface area (Å²) in [6.07, 6.45) is -1.31. The molecule has 0 fully saturated rings. The van der Waals surface area contributed by atoms with E-state index in [0.717, 1.165) is 5.56 Å². The average Bonchev–Trinajstić information content (AvgIpc) is 2.54. The molecule has 0 aromatic heterocycles. The van der Waals surface area contributed by atoms with Gasteiger partial charge in [0.05, 0.1) is 7.11 Å². The maximum absolute atomic E-state index is 12.0. The molecular formula is C17H18N2O3. The lowest BCUT2D eigenvalue weighted by Gasteiger charge is -2.13. The van der Waals surface area contributed by atoms with Crippen LogP contribution >= 0.6 is 0 Å². The molecule has 1 atom stereocenters. The van der Waals surface area contributed by atoms with E-state index in [1.54, 1.807) is 43.5 Å². The molecule has 0 aliphatic heterocycles. The van der Waals surface area contributed by atoms with Crippen LogP contribution in [0.25, 0.3) is 0 Å². The smallest absolute Gasteiger partial charge is 0.258 e. The maximum Gasteiger partial charge on any atom is 0.258 e. The van der Waals surface area contributed by atoms with Crippen LogP contribution in [0.4, 0.5) is 0 Å². The highest BCUT2D eigenvalue weighted by molar-refractivity contribution is 6.07. The van der Waals surface area contributed by atoms with Crippen molar-refractivity contribution in [2.75, 3.05) is 7.11 Å². The predicted molar refractivity (Wildman–Crippen MR) is 84.1 cm³/mol. The zero-order valence-corrected chi connectivity index (χ0v) is 12.5. The van der Waals surface area contributed by atoms with Crippen LogP contribution in [0.3, 0.4) is 0 Å². The van der Waals surface area contributed by atoms with Crippen molar-refractivity contribution in [2.45, 2.75) is 13.0 Å². The maximum atomic E-state index is 12.0. The Balaban J connectivity index is 2.03. The molecule has 1 unspecified atom stereocenters. The number of hydrogen-bond acceptors (Lipinski definition) is 4. The normalized spacial score (nSPS) is 11.6. The van der Waals surface area contributed by atoms with Gasteiger partial charge in [0.2, 0.25) is 0 Å². The van der Waals surface area contributed by atoms with Crippen LogP contribution in [0.15, 0.2) is 48.5 Å². The summed E-state index contributed by atoms with van der Waals surface area (Å²) in [6.45, 7) is 1.93. The number of aliphatic hydroxyl groups excluding tert-OH is 1. The van der Waals surface area contributed by atoms with Crippen LogP contribution in [0.1, 0.15) is 22.8 Å². The summed E-state index contributed by atoms with van der Waals surface area (Å²) in [4.78, 5) is 12.0. The molecule has 0 saturated carbocycles. The molecule has 0 radical (unpaired) electrons. The first-order valence-corrected chi connectivity index (χ1v) is 6.79. The van der Waals surface area contributed by atoms with Crippen molar-refractivity contribution in [1.82, 2.24) is 5.32 Å². The second-order valence-corrected chi connectivity index (χ2v) is 4.91. The Morgan fingerprint density at radius 2 is 1.73 bits per heavy atom. The monoisotopic (exact) mass is 298 g/mol. The summed E-state index contributed by atoms with van der Waals surface area (Å²) in [6, 6.07) is 13.8. The molecule has 2 aromatic rings. The Bertz CT molecular complexity index is 663. The second kappa shape index (κ2) is 6.87. The quantitative estimate of drug-likeness (QED) is 0.597. The van der Waals surface area contributed by atoms with Crippen molar-refractivity contribution in [1.29, 1.82) is 5.41 Å². The van der Waals surface area contributed by atoms with E-state index in [9.17, 15) is 9.90 Å². The molecule has 0 spiro atoms. The fraction of sp³-hybridized carbons (Fsp3) is 0.176. The van der Waals surface area contributed by atoms with E-state index in [0.29, 0.717) is 16.9 Å². The van der Waals surface area contributed by atoms with Crippen molar-refractivity contribution < 1.29 is 14.6 Å². The lowest BCUT2D eigenvalue weighted by molar-refractivity contribution is -0.128. The van der Waals surface area contributed by atoms with E-state index in [2.05, 4.69) is 5.32 Å². The minimum absolute atomic E-state index is 0.0705. The number of amidine groups is 1. The van der Waals surface area contributed by atoms with Crippen molar-refractivity contribution in [3.63, 3.8) is 0 Å². The zero-order chi connectivity index (χ0) is 16.1. The molecular weight excluding hydrogens is 280 g/mol. The molecule has 5 heteroatoms. The van der Waals surface area contributed by atoms with Crippen molar-refractivity contribution in [3.05, 3.63) is 65.2 Å². The number of amides is 1. The Labute approximate surface area is 129 Å². The lowest BCUT2D eigenvalue weighted by atomic mass is 10.1. The molecule has 0 heterocycles. The molecule has 3 N–H and O–H groups in total. The van der Waals surface area contributed by atoms with E-state index in [1.807, 2.05) is 19.1 Å². The van der Waals surface area contributed by atoms with Gasteiger partial charge in [0.1, 0.15) is 11.6 Å². The number of rotatable bonds is 4. The van der Waals surface area contributed by atoms with E-state index in [4.69, 9.17) is 10.1 Å². The molecule has 2 rings (SSSR count). The first kappa shape index (κ1) is 15.7. The summed E-state index contributed by atoms with van der Waals surface area (Å²) in [5, 5.41) is 20.3. The fourth-order valence-corrected chi connectivity index (χ4v) is 1.92. The Morgan fingerprint density at radius 3 is 2.27 bits per heavy atom. The van der Waals surface area contributed by atoms with Crippen LogP contribution in [-0.4, -0.2) is 24.0 Å². The predicted octanol–water partition coefficient (Wildman–Crippen LogP) is 2.18. The first-order chi connectivity index (χ1) is 10.5. The standard InChI is InChI=1S/C17H18N2O3/c1-11-3-5-12(6-4-11)15(20)17(21)19-16(18)13-7-9-14(22-2)10-8-13/h3-10,15,20H,1-2H3,(H2,18,19,21). The number of methoxy groups -OCH3 is 1. The topological polar surface area (TPSA) is 82.4 Å². The molecule has 0 bridgehead atoms. The third-order valence-electron chi connectivity index (χ3n) is 3.27. The molecule has 5 nitrogen and oxygen atoms in total. The number of aliphatic hydroxyl groups is 1. The van der Waals surface area contributed by atoms with Gasteiger partial charge in [-0.2, -0.15) is 0 Å². The van der Waals surface area contributed by atoms with Crippen LogP contribution in [0.5, 0.6) is 5.75 Å². The van der Waals surface area contributed by atoms with Crippen LogP contribution < -0.4 is 10.1 Å². The molecule has 0 aliphatic carbocycles. The van der Waals surface area contributed by atoms with Gasteiger partial charge in [-0.25, -0.2) is 0 Å². The largest absolute Gasteiger partial charge is 0.497 e. The number of carbonyl (C=O) groups excluding carboxylic acids is 1. The summed E-state index contributed by atoms with van der Waals surface area (Å²) in [5.74, 6) is -0.0361. The van der Waals surface area contributed by atoms with E-state index in [-0.39, 0.29) is 5.84 Å². The highest BCUT2D eigenvalue weighted by Gasteiger charge is 2.18. The van der Waals surface area contributed by atoms with Gasteiger partial charge in [0.15, 0.2) is 6.10 Å². The molecule has 2 aromatic carbocycles. The van der Waals surface area contributed by atoms with Crippen molar-refractivity contribution >= 4 is 11.7 Å². The molecule has 1 amide bonds. The lowest BCUT2D eigenvalue weighted by Crippen LogP contribution is -2.34. The zero-order valence-electron chi connectivity index (χ0n) is 12.5. The van der Waals surface area contributed by atoms with E-state index < -0.39 is 12.0 Å². The molecule has 0 aliphatic rings. The van der Waals surface area contributed by atoms with E-state index >= 15 is 0 Å². The number of nitrogens with one attached hydrogen (secondary N) is 2. The van der Waals surface area contributed by atoms with Crippen LogP contribution in [0, 0.1) is 12.3 Å². The summed E-state index contributed by atoms with van der Waals surface area (Å²) in [7, 11) is 1.56. The second-order valence-electron chi connectivity index (χ2n) is 4.91. The third kappa shape index (κ3) is 3.71. The van der Waals surface area contributed by atoms with Crippen LogP contribution in [0.2, 0.25) is 0 Å². The van der Waals surface area contributed by atoms with Gasteiger partial charge in [-0.15, -0.1) is 0 Å². The Hall–Kier alpha value is -2.66. The third-order valence-corrected chi connectivity index (χ3v) is 3.27. The van der Waals surface area contributed by atoms with Gasteiger partial charge in [-0.05, 0) is 36.8 Å².